The number of likely N-dealkylation sites (N-methyl/N-ethyl adjacent to an activating group) is 1. The van der Waals surface area contributed by atoms with Crippen molar-refractivity contribution in [3.8, 4) is 11.5 Å². The van der Waals surface area contributed by atoms with Crippen LogP contribution in [0.4, 0.5) is 0 Å². The van der Waals surface area contributed by atoms with Gasteiger partial charge in [0.25, 0.3) is 0 Å². The highest BCUT2D eigenvalue weighted by Gasteiger charge is 2.66. The molecule has 1 fully saturated rings. The van der Waals surface area contributed by atoms with E-state index in [1.807, 2.05) is 25.3 Å². The van der Waals surface area contributed by atoms with Gasteiger partial charge >= 0.3 is 0 Å². The van der Waals surface area contributed by atoms with Crippen LogP contribution in [0, 0.1) is 0 Å². The monoisotopic (exact) mass is 331 g/mol. The van der Waals surface area contributed by atoms with Crippen molar-refractivity contribution in [2.45, 2.75) is 36.4 Å². The van der Waals surface area contributed by atoms with Gasteiger partial charge in [-0.2, -0.15) is 0 Å². The van der Waals surface area contributed by atoms with Gasteiger partial charge in [-0.25, -0.2) is 0 Å². The van der Waals surface area contributed by atoms with Gasteiger partial charge in [-0.05, 0) is 36.7 Å². The van der Waals surface area contributed by atoms with Crippen LogP contribution in [0.1, 0.15) is 17.5 Å². The number of nitrogens with zero attached hydrogens (tertiary/aromatic N) is 1. The molecule has 0 bridgehead atoms. The van der Waals surface area contributed by atoms with E-state index in [-0.39, 0.29) is 18.9 Å². The normalized spacial score (nSPS) is 39.5. The van der Waals surface area contributed by atoms with Crippen molar-refractivity contribution < 1.29 is 24.1 Å². The number of β-amino-alcohol motifs (C(OH)–C–C–N with tert-alkyl or cyclic N) is 1. The fourth-order valence-electron chi connectivity index (χ4n) is 4.86. The maximum atomic E-state index is 11.4. The molecule has 3 heterocycles. The van der Waals surface area contributed by atoms with Crippen LogP contribution >= 0.6 is 0 Å². The van der Waals surface area contributed by atoms with Gasteiger partial charge in [0.2, 0.25) is 6.79 Å². The predicted molar refractivity (Wildman–Crippen MR) is 85.0 cm³/mol. The quantitative estimate of drug-likeness (QED) is 0.780. The lowest BCUT2D eigenvalue weighted by molar-refractivity contribution is -0.236. The van der Waals surface area contributed by atoms with E-state index in [1.165, 1.54) is 0 Å². The molecular formula is C18H21NO5. The molecule has 1 aromatic rings. The van der Waals surface area contributed by atoms with E-state index >= 15 is 0 Å². The SMILES string of the molecule is CO[C@@H]1C=C[C@@]23c4cc5c(cc4CO[C@]2(O)CN(C)[C@@H]3C1)OCO5. The second-order valence-corrected chi connectivity index (χ2v) is 7.10. The first-order valence-electron chi connectivity index (χ1n) is 8.29. The van der Waals surface area contributed by atoms with Gasteiger partial charge in [0.1, 0.15) is 0 Å². The second-order valence-electron chi connectivity index (χ2n) is 7.10. The first-order chi connectivity index (χ1) is 11.6. The molecule has 1 spiro atoms. The standard InChI is InChI=1S/C18H21NO5/c1-19-9-18(20)17(4-3-12(21-2)6-16(17)19)13-7-15-14(22-10-23-15)5-11(13)8-24-18/h3-5,7,12,16,20H,6,8-10H2,1-2H3/t12-,16-,17+,18-/m1/s1. The zero-order valence-electron chi connectivity index (χ0n) is 13.8. The van der Waals surface area contributed by atoms with E-state index in [1.54, 1.807) is 7.11 Å². The number of benzene rings is 1. The molecule has 0 saturated carbocycles. The van der Waals surface area contributed by atoms with Gasteiger partial charge in [0, 0.05) is 13.2 Å². The molecular weight excluding hydrogens is 310 g/mol. The molecule has 1 aromatic carbocycles. The van der Waals surface area contributed by atoms with Crippen LogP contribution in [-0.4, -0.2) is 55.4 Å². The molecule has 3 aliphatic heterocycles. The third-order valence-electron chi connectivity index (χ3n) is 6.01. The molecule has 0 aromatic heterocycles. The van der Waals surface area contributed by atoms with Crippen LogP contribution in [0.2, 0.25) is 0 Å². The third-order valence-corrected chi connectivity index (χ3v) is 6.01. The van der Waals surface area contributed by atoms with Crippen molar-refractivity contribution >= 4 is 0 Å². The molecule has 5 rings (SSSR count). The first-order valence-corrected chi connectivity index (χ1v) is 8.29. The zero-order valence-corrected chi connectivity index (χ0v) is 13.8. The van der Waals surface area contributed by atoms with Crippen LogP contribution in [0.15, 0.2) is 24.3 Å². The van der Waals surface area contributed by atoms with Crippen molar-refractivity contribution in [1.29, 1.82) is 0 Å². The second kappa shape index (κ2) is 4.73. The highest BCUT2D eigenvalue weighted by molar-refractivity contribution is 5.56. The summed E-state index contributed by atoms with van der Waals surface area (Å²) in [5, 5.41) is 11.4. The zero-order chi connectivity index (χ0) is 16.5. The average Bonchev–Trinajstić information content (AvgIpc) is 3.13. The van der Waals surface area contributed by atoms with Crippen molar-refractivity contribution in [2.75, 3.05) is 27.5 Å². The summed E-state index contributed by atoms with van der Waals surface area (Å²) >= 11 is 0. The van der Waals surface area contributed by atoms with E-state index in [4.69, 9.17) is 18.9 Å². The molecule has 6 heteroatoms. The number of likely N-dealkylation sites (tertiary alicyclic amines) is 1. The summed E-state index contributed by atoms with van der Waals surface area (Å²) < 4.78 is 22.6. The number of methoxy groups -OCH3 is 1. The third kappa shape index (κ3) is 1.64. The average molecular weight is 331 g/mol. The largest absolute Gasteiger partial charge is 0.454 e. The number of fused-ring (bicyclic) bond motifs is 2. The smallest absolute Gasteiger partial charge is 0.231 e. The van der Waals surface area contributed by atoms with E-state index in [0.717, 1.165) is 29.0 Å². The Morgan fingerprint density at radius 2 is 2.08 bits per heavy atom. The molecule has 6 nitrogen and oxygen atoms in total. The van der Waals surface area contributed by atoms with Crippen molar-refractivity contribution in [3.05, 3.63) is 35.4 Å². The van der Waals surface area contributed by atoms with E-state index in [2.05, 4.69) is 11.0 Å². The maximum absolute atomic E-state index is 11.4. The Hall–Kier alpha value is -1.60. The van der Waals surface area contributed by atoms with E-state index in [0.29, 0.717) is 13.2 Å². The molecule has 1 aliphatic carbocycles. The molecule has 1 saturated heterocycles. The molecule has 24 heavy (non-hydrogen) atoms. The van der Waals surface area contributed by atoms with Gasteiger partial charge in [-0.15, -0.1) is 0 Å². The topological polar surface area (TPSA) is 60.4 Å². The van der Waals surface area contributed by atoms with Crippen LogP contribution in [-0.2, 0) is 21.5 Å². The molecule has 1 N–H and O–H groups in total. The Labute approximate surface area is 140 Å². The number of rotatable bonds is 1. The predicted octanol–water partition coefficient (Wildman–Crippen LogP) is 1.16. The van der Waals surface area contributed by atoms with E-state index < -0.39 is 11.2 Å². The van der Waals surface area contributed by atoms with Crippen LogP contribution < -0.4 is 9.47 Å². The minimum Gasteiger partial charge on any atom is -0.454 e. The Morgan fingerprint density at radius 1 is 1.29 bits per heavy atom. The minimum atomic E-state index is -1.25. The summed E-state index contributed by atoms with van der Waals surface area (Å²) in [6.07, 6.45) is 4.98. The molecule has 0 unspecified atom stereocenters. The van der Waals surface area contributed by atoms with Gasteiger partial charge < -0.3 is 24.1 Å². The molecule has 0 amide bonds. The van der Waals surface area contributed by atoms with Crippen molar-refractivity contribution in [1.82, 2.24) is 4.90 Å². The lowest BCUT2D eigenvalue weighted by Crippen LogP contribution is -2.59. The fourth-order valence-corrected chi connectivity index (χ4v) is 4.86. The van der Waals surface area contributed by atoms with E-state index in [9.17, 15) is 5.11 Å². The number of aliphatic hydroxyl groups is 1. The van der Waals surface area contributed by atoms with Crippen LogP contribution in [0.3, 0.4) is 0 Å². The fraction of sp³-hybridized carbons (Fsp3) is 0.556. The minimum absolute atomic E-state index is 0.0461. The number of hydrogen-bond donors (Lipinski definition) is 1. The molecule has 4 atom stereocenters. The van der Waals surface area contributed by atoms with Gasteiger partial charge in [-0.3, -0.25) is 4.90 Å². The highest BCUT2D eigenvalue weighted by Crippen LogP contribution is 2.56. The van der Waals surface area contributed by atoms with Gasteiger partial charge in [0.05, 0.1) is 24.7 Å². The Kier molecular flexibility index (Phi) is 2.90. The van der Waals surface area contributed by atoms with Gasteiger partial charge in [-0.1, -0.05) is 12.2 Å². The van der Waals surface area contributed by atoms with Crippen LogP contribution in [0.25, 0.3) is 0 Å². The number of ether oxygens (including phenoxy) is 4. The Morgan fingerprint density at radius 3 is 2.88 bits per heavy atom. The Bertz CT molecular complexity index is 734. The molecule has 4 aliphatic rings. The number of hydrogen-bond acceptors (Lipinski definition) is 6. The summed E-state index contributed by atoms with van der Waals surface area (Å²) in [6, 6.07) is 4.10. The summed E-state index contributed by atoms with van der Waals surface area (Å²) in [6.45, 7) is 1.07. The molecule has 0 radical (unpaired) electrons. The first kappa shape index (κ1) is 14.7. The summed E-state index contributed by atoms with van der Waals surface area (Å²) in [5.41, 5.74) is 1.50. The molecule has 128 valence electrons. The van der Waals surface area contributed by atoms with Crippen LogP contribution in [0.5, 0.6) is 11.5 Å². The Balaban J connectivity index is 1.74. The lowest BCUT2D eigenvalue weighted by Gasteiger charge is -2.49. The maximum Gasteiger partial charge on any atom is 0.231 e. The van der Waals surface area contributed by atoms with Crippen molar-refractivity contribution in [2.24, 2.45) is 0 Å². The summed E-state index contributed by atoms with van der Waals surface area (Å²) in [7, 11) is 3.75. The van der Waals surface area contributed by atoms with Crippen molar-refractivity contribution in [3.63, 3.8) is 0 Å². The summed E-state index contributed by atoms with van der Waals surface area (Å²) in [5.74, 6) is 0.238. The summed E-state index contributed by atoms with van der Waals surface area (Å²) in [4.78, 5) is 2.18. The highest BCUT2D eigenvalue weighted by atomic mass is 16.7. The van der Waals surface area contributed by atoms with Gasteiger partial charge in [0.15, 0.2) is 17.3 Å². The lowest BCUT2D eigenvalue weighted by atomic mass is 9.64.